The highest BCUT2D eigenvalue weighted by Gasteiger charge is 2.17. The van der Waals surface area contributed by atoms with Crippen LogP contribution in [0.15, 0.2) is 6.20 Å². The van der Waals surface area contributed by atoms with E-state index >= 15 is 0 Å². The number of rotatable bonds is 4. The van der Waals surface area contributed by atoms with Gasteiger partial charge in [0.05, 0.1) is 11.9 Å². The van der Waals surface area contributed by atoms with Gasteiger partial charge >= 0.3 is 6.03 Å². The van der Waals surface area contributed by atoms with Gasteiger partial charge in [-0.3, -0.25) is 10.1 Å². The molecule has 1 aromatic heterocycles. The van der Waals surface area contributed by atoms with Crippen LogP contribution in [-0.2, 0) is 17.9 Å². The van der Waals surface area contributed by atoms with Crippen LogP contribution >= 0.6 is 0 Å². The molecule has 2 rings (SSSR count). The summed E-state index contributed by atoms with van der Waals surface area (Å²) in [6.07, 6.45) is 7.00. The fourth-order valence-corrected chi connectivity index (χ4v) is 2.29. The van der Waals surface area contributed by atoms with Gasteiger partial charge in [-0.25, -0.2) is 9.48 Å². The van der Waals surface area contributed by atoms with Crippen molar-refractivity contribution in [1.82, 2.24) is 25.6 Å². The molecule has 1 heterocycles. The SMILES string of the molecule is NCc1cn(CC(=O)NC(=O)NC2CCCCC2)nn1. The van der Waals surface area contributed by atoms with Gasteiger partial charge in [-0.2, -0.15) is 0 Å². The summed E-state index contributed by atoms with van der Waals surface area (Å²) < 4.78 is 1.35. The number of hydrogen-bond donors (Lipinski definition) is 3. The van der Waals surface area contributed by atoms with E-state index in [0.717, 1.165) is 25.7 Å². The van der Waals surface area contributed by atoms with Crippen LogP contribution in [0.1, 0.15) is 37.8 Å². The van der Waals surface area contributed by atoms with E-state index in [1.807, 2.05) is 0 Å². The van der Waals surface area contributed by atoms with Crippen molar-refractivity contribution >= 4 is 11.9 Å². The predicted molar refractivity (Wildman–Crippen MR) is 71.5 cm³/mol. The van der Waals surface area contributed by atoms with Gasteiger partial charge in [0.2, 0.25) is 5.91 Å². The molecule has 0 aromatic carbocycles. The molecule has 1 aliphatic carbocycles. The number of aromatic nitrogens is 3. The molecule has 110 valence electrons. The Labute approximate surface area is 117 Å². The number of nitrogens with zero attached hydrogens (tertiary/aromatic N) is 3. The van der Waals surface area contributed by atoms with Crippen molar-refractivity contribution in [3.05, 3.63) is 11.9 Å². The first-order valence-electron chi connectivity index (χ1n) is 6.87. The fourth-order valence-electron chi connectivity index (χ4n) is 2.29. The van der Waals surface area contributed by atoms with Gasteiger partial charge in [0.1, 0.15) is 6.54 Å². The van der Waals surface area contributed by atoms with Crippen molar-refractivity contribution in [2.24, 2.45) is 5.73 Å². The van der Waals surface area contributed by atoms with Gasteiger partial charge in [0, 0.05) is 12.6 Å². The molecule has 0 bridgehead atoms. The first kappa shape index (κ1) is 14.4. The average Bonchev–Trinajstić information content (AvgIpc) is 2.87. The second-order valence-corrected chi connectivity index (χ2v) is 4.97. The molecule has 1 saturated carbocycles. The molecule has 1 aliphatic rings. The van der Waals surface area contributed by atoms with E-state index in [1.54, 1.807) is 6.20 Å². The minimum Gasteiger partial charge on any atom is -0.335 e. The Balaban J connectivity index is 1.74. The quantitative estimate of drug-likeness (QED) is 0.712. The van der Waals surface area contributed by atoms with Crippen molar-refractivity contribution in [1.29, 1.82) is 0 Å². The van der Waals surface area contributed by atoms with Crippen molar-refractivity contribution in [2.45, 2.75) is 51.2 Å². The van der Waals surface area contributed by atoms with Crippen LogP contribution in [0.3, 0.4) is 0 Å². The molecule has 0 spiro atoms. The normalized spacial score (nSPS) is 15.8. The maximum atomic E-state index is 11.7. The second-order valence-electron chi connectivity index (χ2n) is 4.97. The lowest BCUT2D eigenvalue weighted by atomic mass is 9.96. The molecular formula is C12H20N6O2. The number of carbonyl (C=O) groups excluding carboxylic acids is 2. The Hall–Kier alpha value is -1.96. The van der Waals surface area contributed by atoms with Gasteiger partial charge in [0.15, 0.2) is 0 Å². The van der Waals surface area contributed by atoms with Crippen LogP contribution in [0.5, 0.6) is 0 Å². The number of nitrogens with two attached hydrogens (primary N) is 1. The molecule has 1 aromatic rings. The van der Waals surface area contributed by atoms with Crippen molar-refractivity contribution in [2.75, 3.05) is 0 Å². The molecule has 0 radical (unpaired) electrons. The number of imide groups is 1. The Bertz CT molecular complexity index is 466. The Kier molecular flexibility index (Phi) is 5.05. The summed E-state index contributed by atoms with van der Waals surface area (Å²) in [6, 6.07) is -0.271. The first-order chi connectivity index (χ1) is 9.67. The van der Waals surface area contributed by atoms with Crippen LogP contribution < -0.4 is 16.4 Å². The molecule has 0 atom stereocenters. The summed E-state index contributed by atoms with van der Waals surface area (Å²) in [7, 11) is 0. The monoisotopic (exact) mass is 280 g/mol. The number of urea groups is 1. The fraction of sp³-hybridized carbons (Fsp3) is 0.667. The van der Waals surface area contributed by atoms with E-state index in [-0.39, 0.29) is 19.1 Å². The molecule has 0 unspecified atom stereocenters. The van der Waals surface area contributed by atoms with E-state index in [4.69, 9.17) is 5.73 Å². The lowest BCUT2D eigenvalue weighted by molar-refractivity contribution is -0.120. The van der Waals surface area contributed by atoms with Crippen molar-refractivity contribution < 1.29 is 9.59 Å². The highest BCUT2D eigenvalue weighted by Crippen LogP contribution is 2.17. The maximum absolute atomic E-state index is 11.7. The van der Waals surface area contributed by atoms with Crippen molar-refractivity contribution in [3.8, 4) is 0 Å². The summed E-state index contributed by atoms with van der Waals surface area (Å²) in [5.41, 5.74) is 6.00. The molecule has 0 aliphatic heterocycles. The van der Waals surface area contributed by atoms with Crippen LogP contribution in [0, 0.1) is 0 Å². The number of nitrogens with one attached hydrogen (secondary N) is 2. The lowest BCUT2D eigenvalue weighted by Crippen LogP contribution is -2.46. The zero-order valence-electron chi connectivity index (χ0n) is 11.3. The van der Waals surface area contributed by atoms with E-state index in [0.29, 0.717) is 5.69 Å². The summed E-state index contributed by atoms with van der Waals surface area (Å²) in [6.45, 7) is 0.217. The highest BCUT2D eigenvalue weighted by molar-refractivity contribution is 5.94. The molecule has 20 heavy (non-hydrogen) atoms. The maximum Gasteiger partial charge on any atom is 0.321 e. The number of hydrogen-bond acceptors (Lipinski definition) is 5. The van der Waals surface area contributed by atoms with E-state index in [2.05, 4.69) is 20.9 Å². The van der Waals surface area contributed by atoms with Gasteiger partial charge in [-0.15, -0.1) is 5.10 Å². The zero-order chi connectivity index (χ0) is 14.4. The average molecular weight is 280 g/mol. The topological polar surface area (TPSA) is 115 Å². The molecule has 8 nitrogen and oxygen atoms in total. The van der Waals surface area contributed by atoms with E-state index in [1.165, 1.54) is 11.1 Å². The third-order valence-electron chi connectivity index (χ3n) is 3.29. The molecule has 4 N–H and O–H groups in total. The Morgan fingerprint density at radius 3 is 2.75 bits per heavy atom. The largest absolute Gasteiger partial charge is 0.335 e. The molecular weight excluding hydrogens is 260 g/mol. The lowest BCUT2D eigenvalue weighted by Gasteiger charge is -2.22. The van der Waals surface area contributed by atoms with Crippen LogP contribution in [0.2, 0.25) is 0 Å². The third kappa shape index (κ3) is 4.30. The standard InChI is InChI=1S/C12H20N6O2/c13-6-10-7-18(17-16-10)8-11(19)15-12(20)14-9-4-2-1-3-5-9/h7,9H,1-6,8,13H2,(H2,14,15,19,20). The van der Waals surface area contributed by atoms with Gasteiger partial charge < -0.3 is 11.1 Å². The first-order valence-corrected chi connectivity index (χ1v) is 6.87. The second kappa shape index (κ2) is 6.99. The number of carbonyl (C=O) groups is 2. The third-order valence-corrected chi connectivity index (χ3v) is 3.29. The summed E-state index contributed by atoms with van der Waals surface area (Å²) in [5, 5.41) is 12.6. The van der Waals surface area contributed by atoms with Crippen LogP contribution in [-0.4, -0.2) is 33.0 Å². The Morgan fingerprint density at radius 2 is 2.10 bits per heavy atom. The van der Waals surface area contributed by atoms with Gasteiger partial charge in [-0.05, 0) is 12.8 Å². The molecule has 0 saturated heterocycles. The minimum atomic E-state index is -0.443. The van der Waals surface area contributed by atoms with Gasteiger partial charge in [0.25, 0.3) is 0 Å². The summed E-state index contributed by atoms with van der Waals surface area (Å²) in [4.78, 5) is 23.3. The van der Waals surface area contributed by atoms with Crippen molar-refractivity contribution in [3.63, 3.8) is 0 Å². The summed E-state index contributed by atoms with van der Waals surface area (Å²) >= 11 is 0. The van der Waals surface area contributed by atoms with E-state index in [9.17, 15) is 9.59 Å². The smallest absolute Gasteiger partial charge is 0.321 e. The van der Waals surface area contributed by atoms with Crippen LogP contribution in [0.4, 0.5) is 4.79 Å². The molecule has 1 fully saturated rings. The minimum absolute atomic E-state index is 0.0505. The van der Waals surface area contributed by atoms with E-state index < -0.39 is 11.9 Å². The zero-order valence-corrected chi connectivity index (χ0v) is 11.3. The molecule has 3 amide bonds. The van der Waals surface area contributed by atoms with Crippen LogP contribution in [0.25, 0.3) is 0 Å². The van der Waals surface area contributed by atoms with Gasteiger partial charge in [-0.1, -0.05) is 24.5 Å². The molecule has 8 heteroatoms. The predicted octanol–water partition coefficient (Wildman–Crippen LogP) is -0.105. The Morgan fingerprint density at radius 1 is 1.35 bits per heavy atom. The highest BCUT2D eigenvalue weighted by atomic mass is 16.2. The number of amides is 3. The summed E-state index contributed by atoms with van der Waals surface area (Å²) in [5.74, 6) is -0.424.